The molecule has 110 valence electrons. The van der Waals surface area contributed by atoms with Gasteiger partial charge in [0.2, 0.25) is 0 Å². The molecular formula is C17H10F2O3. The van der Waals surface area contributed by atoms with Crippen molar-refractivity contribution in [1.82, 2.24) is 0 Å². The molecule has 0 fully saturated rings. The minimum atomic E-state index is -1.33. The van der Waals surface area contributed by atoms with Crippen LogP contribution >= 0.6 is 0 Å². The summed E-state index contributed by atoms with van der Waals surface area (Å²) in [7, 11) is 0. The van der Waals surface area contributed by atoms with Crippen LogP contribution in [-0.2, 0) is 0 Å². The Bertz CT molecular complexity index is 904. The van der Waals surface area contributed by atoms with Crippen LogP contribution in [0.4, 0.5) is 8.78 Å². The van der Waals surface area contributed by atoms with Crippen molar-refractivity contribution in [1.29, 1.82) is 0 Å². The van der Waals surface area contributed by atoms with E-state index >= 15 is 0 Å². The number of carboxylic acid groups (broad SMARTS) is 1. The quantitative estimate of drug-likeness (QED) is 0.746. The highest BCUT2D eigenvalue weighted by Gasteiger charge is 2.12. The van der Waals surface area contributed by atoms with Crippen molar-refractivity contribution < 1.29 is 23.8 Å². The third-order valence-electron chi connectivity index (χ3n) is 3.47. The van der Waals surface area contributed by atoms with Crippen LogP contribution in [0, 0.1) is 11.6 Å². The Morgan fingerprint density at radius 2 is 1.59 bits per heavy atom. The van der Waals surface area contributed by atoms with E-state index in [2.05, 4.69) is 0 Å². The van der Waals surface area contributed by atoms with Gasteiger partial charge in [0.25, 0.3) is 0 Å². The van der Waals surface area contributed by atoms with Gasteiger partial charge in [-0.25, -0.2) is 13.6 Å². The van der Waals surface area contributed by atoms with E-state index in [0.717, 1.165) is 6.07 Å². The first-order chi connectivity index (χ1) is 10.5. The van der Waals surface area contributed by atoms with Gasteiger partial charge in [0.1, 0.15) is 5.82 Å². The Morgan fingerprint density at radius 1 is 0.909 bits per heavy atom. The highest BCUT2D eigenvalue weighted by atomic mass is 19.1. The molecule has 0 saturated heterocycles. The molecule has 0 aliphatic heterocycles. The number of hydrogen-bond acceptors (Lipinski definition) is 2. The number of carboxylic acids is 1. The summed E-state index contributed by atoms with van der Waals surface area (Å²) in [5.41, 5.74) is 0.701. The van der Waals surface area contributed by atoms with Crippen LogP contribution in [0.2, 0.25) is 0 Å². The lowest BCUT2D eigenvalue weighted by molar-refractivity contribution is 0.0692. The number of aromatic carboxylic acids is 1. The highest BCUT2D eigenvalue weighted by Crippen LogP contribution is 2.30. The van der Waals surface area contributed by atoms with Gasteiger partial charge in [-0.2, -0.15) is 0 Å². The van der Waals surface area contributed by atoms with E-state index in [0.29, 0.717) is 16.5 Å². The second kappa shape index (κ2) is 5.11. The van der Waals surface area contributed by atoms with E-state index in [9.17, 15) is 18.7 Å². The van der Waals surface area contributed by atoms with Crippen molar-refractivity contribution >= 4 is 16.7 Å². The number of phenolic OH excluding ortho intramolecular Hbond substituents is 1. The number of hydrogen-bond donors (Lipinski definition) is 2. The number of aromatic hydroxyl groups is 1. The minimum Gasteiger partial charge on any atom is -0.505 e. The van der Waals surface area contributed by atoms with E-state index < -0.39 is 28.9 Å². The first-order valence-electron chi connectivity index (χ1n) is 6.42. The molecule has 5 heteroatoms. The first-order valence-corrected chi connectivity index (χ1v) is 6.42. The van der Waals surface area contributed by atoms with Gasteiger partial charge >= 0.3 is 5.97 Å². The van der Waals surface area contributed by atoms with E-state index in [1.807, 2.05) is 0 Å². The molecule has 22 heavy (non-hydrogen) atoms. The van der Waals surface area contributed by atoms with E-state index in [4.69, 9.17) is 5.11 Å². The van der Waals surface area contributed by atoms with Gasteiger partial charge < -0.3 is 10.2 Å². The number of carbonyl (C=O) groups is 1. The second-order valence-electron chi connectivity index (χ2n) is 4.83. The van der Waals surface area contributed by atoms with Gasteiger partial charge in [-0.05, 0) is 40.8 Å². The van der Waals surface area contributed by atoms with Crippen LogP contribution in [-0.4, -0.2) is 16.2 Å². The van der Waals surface area contributed by atoms with Crippen molar-refractivity contribution in [3.63, 3.8) is 0 Å². The van der Waals surface area contributed by atoms with Crippen LogP contribution < -0.4 is 0 Å². The van der Waals surface area contributed by atoms with Crippen LogP contribution in [0.5, 0.6) is 5.75 Å². The second-order valence-corrected chi connectivity index (χ2v) is 4.83. The van der Waals surface area contributed by atoms with Gasteiger partial charge in [0, 0.05) is 5.39 Å². The monoisotopic (exact) mass is 300 g/mol. The van der Waals surface area contributed by atoms with Crippen molar-refractivity contribution in [3.05, 3.63) is 65.7 Å². The molecule has 0 saturated carbocycles. The van der Waals surface area contributed by atoms with Gasteiger partial charge in [-0.15, -0.1) is 0 Å². The van der Waals surface area contributed by atoms with E-state index in [1.165, 1.54) is 24.3 Å². The maximum atomic E-state index is 13.8. The summed E-state index contributed by atoms with van der Waals surface area (Å²) in [6.45, 7) is 0. The van der Waals surface area contributed by atoms with E-state index in [1.54, 1.807) is 18.2 Å². The third kappa shape index (κ3) is 2.26. The normalized spacial score (nSPS) is 10.8. The Balaban J connectivity index is 2.13. The van der Waals surface area contributed by atoms with Gasteiger partial charge in [-0.3, -0.25) is 0 Å². The predicted molar refractivity (Wildman–Crippen MR) is 77.9 cm³/mol. The summed E-state index contributed by atoms with van der Waals surface area (Å²) < 4.78 is 27.5. The molecule has 0 amide bonds. The molecule has 0 aromatic heterocycles. The van der Waals surface area contributed by atoms with Crippen molar-refractivity contribution in [2.45, 2.75) is 0 Å². The Morgan fingerprint density at radius 3 is 2.27 bits per heavy atom. The molecule has 0 aliphatic rings. The van der Waals surface area contributed by atoms with Crippen molar-refractivity contribution in [2.24, 2.45) is 0 Å². The minimum absolute atomic E-state index is 0.256. The fourth-order valence-corrected chi connectivity index (χ4v) is 2.33. The molecule has 2 N–H and O–H groups in total. The molecule has 0 heterocycles. The molecule has 0 atom stereocenters. The Kier molecular flexibility index (Phi) is 3.25. The average Bonchev–Trinajstić information content (AvgIpc) is 2.50. The lowest BCUT2D eigenvalue weighted by Crippen LogP contribution is -2.00. The number of rotatable bonds is 2. The fourth-order valence-electron chi connectivity index (χ4n) is 2.33. The van der Waals surface area contributed by atoms with Crippen LogP contribution in [0.15, 0.2) is 48.5 Å². The zero-order valence-electron chi connectivity index (χ0n) is 11.2. The molecule has 0 aliphatic carbocycles. The Labute approximate surface area is 124 Å². The summed E-state index contributed by atoms with van der Waals surface area (Å²) in [6.07, 6.45) is 0. The van der Waals surface area contributed by atoms with Crippen molar-refractivity contribution in [2.75, 3.05) is 0 Å². The lowest BCUT2D eigenvalue weighted by Gasteiger charge is -2.07. The van der Waals surface area contributed by atoms with E-state index in [-0.39, 0.29) is 5.39 Å². The standard InChI is InChI=1S/C17H10F2O3/c18-14-8-10(2-5-13(14)17(21)22)9-1-4-12-11(7-9)3-6-15(20)16(12)19/h1-8,20H,(H,21,22). The molecule has 0 unspecified atom stereocenters. The molecular weight excluding hydrogens is 290 g/mol. The zero-order valence-corrected chi connectivity index (χ0v) is 11.2. The van der Waals surface area contributed by atoms with Gasteiger partial charge in [-0.1, -0.05) is 24.3 Å². The molecule has 0 bridgehead atoms. The van der Waals surface area contributed by atoms with Crippen LogP contribution in [0.3, 0.4) is 0 Å². The predicted octanol–water partition coefficient (Wildman–Crippen LogP) is 4.19. The molecule has 3 nitrogen and oxygen atoms in total. The molecule has 0 spiro atoms. The highest BCUT2D eigenvalue weighted by molar-refractivity contribution is 5.91. The summed E-state index contributed by atoms with van der Waals surface area (Å²) in [6, 6.07) is 11.3. The maximum absolute atomic E-state index is 13.8. The summed E-state index contributed by atoms with van der Waals surface area (Å²) in [5.74, 6) is -3.31. The number of phenols is 1. The van der Waals surface area contributed by atoms with Crippen LogP contribution in [0.25, 0.3) is 21.9 Å². The summed E-state index contributed by atoms with van der Waals surface area (Å²) in [5, 5.41) is 19.0. The molecule has 3 aromatic carbocycles. The smallest absolute Gasteiger partial charge is 0.338 e. The fraction of sp³-hybridized carbons (Fsp3) is 0. The van der Waals surface area contributed by atoms with Crippen molar-refractivity contribution in [3.8, 4) is 16.9 Å². The third-order valence-corrected chi connectivity index (χ3v) is 3.47. The SMILES string of the molecule is O=C(O)c1ccc(-c2ccc3c(F)c(O)ccc3c2)cc1F. The zero-order chi connectivity index (χ0) is 15.9. The number of halogens is 2. The molecule has 0 radical (unpaired) electrons. The maximum Gasteiger partial charge on any atom is 0.338 e. The topological polar surface area (TPSA) is 57.5 Å². The summed E-state index contributed by atoms with van der Waals surface area (Å²) >= 11 is 0. The lowest BCUT2D eigenvalue weighted by atomic mass is 9.99. The number of benzene rings is 3. The van der Waals surface area contributed by atoms with Gasteiger partial charge in [0.05, 0.1) is 5.56 Å². The van der Waals surface area contributed by atoms with Crippen LogP contribution in [0.1, 0.15) is 10.4 Å². The first kappa shape index (κ1) is 14.0. The average molecular weight is 300 g/mol. The van der Waals surface area contributed by atoms with Gasteiger partial charge in [0.15, 0.2) is 11.6 Å². The largest absolute Gasteiger partial charge is 0.505 e. The Hall–Kier alpha value is -2.95. The summed E-state index contributed by atoms with van der Waals surface area (Å²) in [4.78, 5) is 10.8. The molecule has 3 aromatic rings. The molecule has 3 rings (SSSR count). The number of fused-ring (bicyclic) bond motifs is 1.